The van der Waals surface area contributed by atoms with E-state index in [4.69, 9.17) is 14.2 Å². The molecule has 1 rings (SSSR count). The lowest BCUT2D eigenvalue weighted by atomic mass is 10.2. The van der Waals surface area contributed by atoms with E-state index in [1.165, 1.54) is 14.2 Å². The smallest absolute Gasteiger partial charge is 0.325 e. The van der Waals surface area contributed by atoms with E-state index in [-0.39, 0.29) is 6.54 Å². The van der Waals surface area contributed by atoms with Crippen LogP contribution in [0.25, 0.3) is 0 Å². The second kappa shape index (κ2) is 10.2. The molecule has 8 heteroatoms. The molecule has 0 atom stereocenters. The van der Waals surface area contributed by atoms with Crippen molar-refractivity contribution in [2.24, 2.45) is 0 Å². The van der Waals surface area contributed by atoms with Gasteiger partial charge in [-0.25, -0.2) is 0 Å². The molecular weight excluding hydrogens is 304 g/mol. The number of rotatable bonds is 9. The van der Waals surface area contributed by atoms with Crippen molar-refractivity contribution < 1.29 is 28.6 Å². The van der Waals surface area contributed by atoms with Crippen LogP contribution in [0.4, 0.5) is 0 Å². The summed E-state index contributed by atoms with van der Waals surface area (Å²) in [7, 11) is 2.96. The molecule has 2 amide bonds. The van der Waals surface area contributed by atoms with Gasteiger partial charge in [0.2, 0.25) is 0 Å². The fraction of sp³-hybridized carbons (Fsp3) is 0.400. The average molecular weight is 324 g/mol. The van der Waals surface area contributed by atoms with Crippen LogP contribution in [0.1, 0.15) is 10.4 Å². The highest BCUT2D eigenvalue weighted by molar-refractivity contribution is 5.98. The molecule has 0 aliphatic carbocycles. The molecule has 0 heterocycles. The number of para-hydroxylation sites is 1. The number of hydrogen-bond acceptors (Lipinski definition) is 6. The van der Waals surface area contributed by atoms with E-state index in [1.54, 1.807) is 24.3 Å². The fourth-order valence-corrected chi connectivity index (χ4v) is 1.62. The Bertz CT molecular complexity index is 547. The highest BCUT2D eigenvalue weighted by Gasteiger charge is 2.13. The van der Waals surface area contributed by atoms with Crippen molar-refractivity contribution in [2.45, 2.75) is 0 Å². The number of carbonyl (C=O) groups is 3. The summed E-state index contributed by atoms with van der Waals surface area (Å²) >= 11 is 0. The summed E-state index contributed by atoms with van der Waals surface area (Å²) in [5.74, 6) is -1.22. The molecule has 0 unspecified atom stereocenters. The van der Waals surface area contributed by atoms with E-state index in [0.29, 0.717) is 24.5 Å². The molecule has 0 spiro atoms. The quantitative estimate of drug-likeness (QED) is 0.479. The minimum Gasteiger partial charge on any atom is -0.496 e. The van der Waals surface area contributed by atoms with Crippen molar-refractivity contribution >= 4 is 17.8 Å². The normalized spacial score (nSPS) is 9.83. The molecule has 0 aromatic heterocycles. The van der Waals surface area contributed by atoms with Crippen molar-refractivity contribution in [1.82, 2.24) is 10.6 Å². The van der Waals surface area contributed by atoms with Gasteiger partial charge < -0.3 is 24.8 Å². The van der Waals surface area contributed by atoms with Crippen LogP contribution < -0.4 is 15.4 Å². The summed E-state index contributed by atoms with van der Waals surface area (Å²) in [5, 5.41) is 4.90. The Balaban J connectivity index is 2.33. The van der Waals surface area contributed by atoms with Gasteiger partial charge in [0.1, 0.15) is 12.3 Å². The van der Waals surface area contributed by atoms with Crippen molar-refractivity contribution in [1.29, 1.82) is 0 Å². The van der Waals surface area contributed by atoms with Crippen molar-refractivity contribution in [3.05, 3.63) is 29.8 Å². The van der Waals surface area contributed by atoms with Gasteiger partial charge in [0, 0.05) is 13.7 Å². The Morgan fingerprint density at radius 1 is 1.09 bits per heavy atom. The molecule has 126 valence electrons. The first kappa shape index (κ1) is 18.4. The maximum Gasteiger partial charge on any atom is 0.325 e. The number of methoxy groups -OCH3 is 2. The monoisotopic (exact) mass is 324 g/mol. The molecule has 0 saturated heterocycles. The minimum absolute atomic E-state index is 0.306. The zero-order valence-electron chi connectivity index (χ0n) is 13.1. The number of esters is 1. The molecule has 0 bridgehead atoms. The molecule has 0 fully saturated rings. The average Bonchev–Trinajstić information content (AvgIpc) is 2.58. The fourth-order valence-electron chi connectivity index (χ4n) is 1.62. The molecule has 8 nitrogen and oxygen atoms in total. The summed E-state index contributed by atoms with van der Waals surface area (Å²) in [6.45, 7) is -0.0542. The first-order chi connectivity index (χ1) is 11.1. The summed E-state index contributed by atoms with van der Waals surface area (Å²) in [6.07, 6.45) is 0. The second-order valence-electron chi connectivity index (χ2n) is 4.39. The van der Waals surface area contributed by atoms with E-state index < -0.39 is 24.4 Å². The lowest BCUT2D eigenvalue weighted by Crippen LogP contribution is -2.35. The number of hydrogen-bond donors (Lipinski definition) is 2. The van der Waals surface area contributed by atoms with Gasteiger partial charge in [0.05, 0.1) is 19.3 Å². The van der Waals surface area contributed by atoms with Crippen LogP contribution in [-0.4, -0.2) is 58.3 Å². The Hall–Kier alpha value is -2.61. The summed E-state index contributed by atoms with van der Waals surface area (Å²) < 4.78 is 14.6. The number of nitrogens with one attached hydrogen (secondary N) is 2. The van der Waals surface area contributed by atoms with Gasteiger partial charge in [-0.2, -0.15) is 0 Å². The zero-order chi connectivity index (χ0) is 17.1. The maximum absolute atomic E-state index is 11.9. The summed E-state index contributed by atoms with van der Waals surface area (Å²) in [5.41, 5.74) is 0.306. The molecule has 0 saturated carbocycles. The highest BCUT2D eigenvalue weighted by Crippen LogP contribution is 2.16. The molecule has 0 radical (unpaired) electrons. The maximum atomic E-state index is 11.9. The molecule has 2 N–H and O–H groups in total. The van der Waals surface area contributed by atoms with Crippen LogP contribution >= 0.6 is 0 Å². The van der Waals surface area contributed by atoms with Crippen molar-refractivity contribution in [3.63, 3.8) is 0 Å². The van der Waals surface area contributed by atoms with E-state index in [0.717, 1.165) is 0 Å². The zero-order valence-corrected chi connectivity index (χ0v) is 13.1. The van der Waals surface area contributed by atoms with Gasteiger partial charge in [-0.05, 0) is 12.1 Å². The Morgan fingerprint density at radius 3 is 2.52 bits per heavy atom. The topological polar surface area (TPSA) is 103 Å². The van der Waals surface area contributed by atoms with Crippen LogP contribution in [0.2, 0.25) is 0 Å². The van der Waals surface area contributed by atoms with Gasteiger partial charge in [0.15, 0.2) is 6.61 Å². The first-order valence-corrected chi connectivity index (χ1v) is 6.91. The summed E-state index contributed by atoms with van der Waals surface area (Å²) in [6, 6.07) is 6.62. The lowest BCUT2D eigenvalue weighted by Gasteiger charge is -2.09. The van der Waals surface area contributed by atoms with Crippen LogP contribution in [0.15, 0.2) is 24.3 Å². The molecule has 1 aromatic carbocycles. The van der Waals surface area contributed by atoms with Gasteiger partial charge in [-0.3, -0.25) is 14.4 Å². The predicted octanol–water partition coefficient (Wildman–Crippen LogP) is -0.269. The highest BCUT2D eigenvalue weighted by atomic mass is 16.5. The third-order valence-corrected chi connectivity index (χ3v) is 2.74. The van der Waals surface area contributed by atoms with Crippen LogP contribution in [0, 0.1) is 0 Å². The number of amides is 2. The number of ether oxygens (including phenoxy) is 3. The van der Waals surface area contributed by atoms with Crippen molar-refractivity contribution in [3.8, 4) is 5.75 Å². The lowest BCUT2D eigenvalue weighted by molar-refractivity contribution is -0.147. The third-order valence-electron chi connectivity index (χ3n) is 2.74. The number of benzene rings is 1. The summed E-state index contributed by atoms with van der Waals surface area (Å²) in [4.78, 5) is 34.8. The second-order valence-corrected chi connectivity index (χ2v) is 4.39. The molecule has 0 aliphatic heterocycles. The van der Waals surface area contributed by atoms with Crippen molar-refractivity contribution in [2.75, 3.05) is 40.5 Å². The SMILES string of the molecule is COCCNC(=O)COC(=O)CNC(=O)c1ccccc1OC. The predicted molar refractivity (Wildman–Crippen MR) is 81.2 cm³/mol. The van der Waals surface area contributed by atoms with E-state index in [1.807, 2.05) is 0 Å². The molecule has 0 aliphatic rings. The third kappa shape index (κ3) is 6.79. The largest absolute Gasteiger partial charge is 0.496 e. The standard InChI is InChI=1S/C15H20N2O6/c1-21-8-7-16-13(18)10-23-14(19)9-17-15(20)11-5-3-4-6-12(11)22-2/h3-6H,7-10H2,1-2H3,(H,16,18)(H,17,20). The molecule has 1 aromatic rings. The number of carbonyl (C=O) groups excluding carboxylic acids is 3. The Morgan fingerprint density at radius 2 is 1.83 bits per heavy atom. The van der Waals surface area contributed by atoms with E-state index in [2.05, 4.69) is 10.6 Å². The molecule has 23 heavy (non-hydrogen) atoms. The van der Waals surface area contributed by atoms with Crippen LogP contribution in [0.3, 0.4) is 0 Å². The first-order valence-electron chi connectivity index (χ1n) is 6.91. The van der Waals surface area contributed by atoms with Gasteiger partial charge >= 0.3 is 5.97 Å². The van der Waals surface area contributed by atoms with E-state index >= 15 is 0 Å². The molecular formula is C15H20N2O6. The van der Waals surface area contributed by atoms with Gasteiger partial charge in [-0.1, -0.05) is 12.1 Å². The minimum atomic E-state index is -0.713. The van der Waals surface area contributed by atoms with E-state index in [9.17, 15) is 14.4 Å². The van der Waals surface area contributed by atoms with Gasteiger partial charge in [0.25, 0.3) is 11.8 Å². The Kier molecular flexibility index (Phi) is 8.16. The Labute approximate surface area is 134 Å². The van der Waals surface area contributed by atoms with Crippen LogP contribution in [0.5, 0.6) is 5.75 Å². The van der Waals surface area contributed by atoms with Crippen LogP contribution in [-0.2, 0) is 19.1 Å². The van der Waals surface area contributed by atoms with Gasteiger partial charge in [-0.15, -0.1) is 0 Å².